The lowest BCUT2D eigenvalue weighted by Gasteiger charge is -2.14. The molecular weight excluding hydrogens is 418 g/mol. The van der Waals surface area contributed by atoms with E-state index in [-0.39, 0.29) is 5.91 Å². The van der Waals surface area contributed by atoms with Crippen LogP contribution in [0.25, 0.3) is 0 Å². The quantitative estimate of drug-likeness (QED) is 0.344. The second kappa shape index (κ2) is 10.1. The Morgan fingerprint density at radius 1 is 0.697 bits per heavy atom. The van der Waals surface area contributed by atoms with E-state index in [1.165, 1.54) is 0 Å². The summed E-state index contributed by atoms with van der Waals surface area (Å²) in [6.45, 7) is 0. The number of carbonyl (C=O) groups excluding carboxylic acids is 1. The van der Waals surface area contributed by atoms with Crippen molar-refractivity contribution < 1.29 is 14.3 Å². The van der Waals surface area contributed by atoms with Gasteiger partial charge in [-0.15, -0.1) is 0 Å². The fraction of sp³-hybridized carbons (Fsp3) is 0.0800. The van der Waals surface area contributed by atoms with Crippen molar-refractivity contribution in [1.82, 2.24) is 9.97 Å². The number of anilines is 5. The minimum Gasteiger partial charge on any atom is -0.497 e. The summed E-state index contributed by atoms with van der Waals surface area (Å²) in [5.41, 5.74) is 2.53. The first kappa shape index (κ1) is 21.6. The van der Waals surface area contributed by atoms with Crippen molar-refractivity contribution in [1.29, 1.82) is 0 Å². The number of benzene rings is 2. The molecule has 0 aliphatic heterocycles. The van der Waals surface area contributed by atoms with Crippen LogP contribution in [0, 0.1) is 0 Å². The highest BCUT2D eigenvalue weighted by atomic mass is 16.5. The van der Waals surface area contributed by atoms with Crippen LogP contribution in [0.4, 0.5) is 28.7 Å². The zero-order valence-corrected chi connectivity index (χ0v) is 18.2. The Kier molecular flexibility index (Phi) is 6.65. The van der Waals surface area contributed by atoms with Gasteiger partial charge in [0.2, 0.25) is 0 Å². The van der Waals surface area contributed by atoms with Crippen molar-refractivity contribution in [3.8, 4) is 11.5 Å². The van der Waals surface area contributed by atoms with Crippen molar-refractivity contribution in [2.75, 3.05) is 30.2 Å². The van der Waals surface area contributed by atoms with E-state index in [0.29, 0.717) is 22.9 Å². The molecule has 0 bridgehead atoms. The van der Waals surface area contributed by atoms with Crippen LogP contribution in [0.2, 0.25) is 0 Å². The first-order valence-corrected chi connectivity index (χ1v) is 10.2. The van der Waals surface area contributed by atoms with E-state index in [2.05, 4.69) is 25.9 Å². The molecule has 0 atom stereocenters. The summed E-state index contributed by atoms with van der Waals surface area (Å²) in [7, 11) is 3.23. The topological polar surface area (TPSA) is 97.4 Å². The summed E-state index contributed by atoms with van der Waals surface area (Å²) in [6, 6.07) is 21.8. The highest BCUT2D eigenvalue weighted by molar-refractivity contribution is 6.09. The third-order valence-electron chi connectivity index (χ3n) is 4.81. The monoisotopic (exact) mass is 441 g/mol. The highest BCUT2D eigenvalue weighted by Crippen LogP contribution is 2.26. The number of pyridine rings is 2. The fourth-order valence-electron chi connectivity index (χ4n) is 3.11. The first-order chi connectivity index (χ1) is 16.2. The van der Waals surface area contributed by atoms with Gasteiger partial charge in [0, 0.05) is 23.8 Å². The maximum atomic E-state index is 13.1. The molecular formula is C25H23N5O3. The summed E-state index contributed by atoms with van der Waals surface area (Å²) in [5, 5.41) is 9.33. The number of aromatic nitrogens is 2. The van der Waals surface area contributed by atoms with Gasteiger partial charge in [-0.3, -0.25) is 4.79 Å². The molecule has 2 heterocycles. The van der Waals surface area contributed by atoms with Crippen molar-refractivity contribution in [3.05, 3.63) is 90.8 Å². The van der Waals surface area contributed by atoms with E-state index >= 15 is 0 Å². The van der Waals surface area contributed by atoms with Gasteiger partial charge in [-0.25, -0.2) is 9.97 Å². The van der Waals surface area contributed by atoms with Crippen molar-refractivity contribution in [3.63, 3.8) is 0 Å². The molecule has 0 radical (unpaired) electrons. The molecule has 2 aromatic carbocycles. The van der Waals surface area contributed by atoms with Gasteiger partial charge in [0.1, 0.15) is 17.3 Å². The fourth-order valence-corrected chi connectivity index (χ4v) is 3.11. The van der Waals surface area contributed by atoms with Crippen LogP contribution in [0.15, 0.2) is 85.2 Å². The Morgan fingerprint density at radius 2 is 1.21 bits per heavy atom. The molecule has 0 saturated carbocycles. The summed E-state index contributed by atoms with van der Waals surface area (Å²) < 4.78 is 10.4. The third-order valence-corrected chi connectivity index (χ3v) is 4.81. The lowest BCUT2D eigenvalue weighted by Crippen LogP contribution is -2.16. The molecule has 0 saturated heterocycles. The summed E-state index contributed by atoms with van der Waals surface area (Å²) in [5.74, 6) is 2.14. The van der Waals surface area contributed by atoms with E-state index in [9.17, 15) is 4.79 Å². The van der Waals surface area contributed by atoms with Crippen LogP contribution >= 0.6 is 0 Å². The molecule has 4 aromatic rings. The number of hydrogen-bond acceptors (Lipinski definition) is 7. The molecule has 8 nitrogen and oxygen atoms in total. The number of ether oxygens (including phenoxy) is 2. The molecule has 0 unspecified atom stereocenters. The SMILES string of the molecule is COc1ccc(Nc2ncccc2NC(=O)c2cccnc2Nc2ccc(OC)cc2)cc1. The zero-order chi connectivity index (χ0) is 23.0. The molecule has 4 rings (SSSR count). The van der Waals surface area contributed by atoms with E-state index < -0.39 is 0 Å². The number of hydrogen-bond donors (Lipinski definition) is 3. The molecule has 0 aliphatic rings. The molecule has 0 fully saturated rings. The maximum Gasteiger partial charge on any atom is 0.259 e. The predicted octanol–water partition coefficient (Wildman–Crippen LogP) is 5.23. The minimum atomic E-state index is -0.315. The lowest BCUT2D eigenvalue weighted by molar-refractivity contribution is 0.102. The first-order valence-electron chi connectivity index (χ1n) is 10.2. The number of methoxy groups -OCH3 is 2. The van der Waals surface area contributed by atoms with Crippen molar-refractivity contribution in [2.45, 2.75) is 0 Å². The Labute approximate surface area is 191 Å². The van der Waals surface area contributed by atoms with E-state index in [1.54, 1.807) is 50.9 Å². The van der Waals surface area contributed by atoms with Crippen LogP contribution in [0.5, 0.6) is 11.5 Å². The standard InChI is InChI=1S/C25H23N5O3/c1-32-19-11-7-17(8-12-19)28-23-21(5-3-15-26-23)25(31)30-22-6-4-16-27-24(22)29-18-9-13-20(33-2)14-10-18/h3-16H,1-2H3,(H,26,28)(H,27,29)(H,30,31). The molecule has 8 heteroatoms. The van der Waals surface area contributed by atoms with Gasteiger partial charge in [0.25, 0.3) is 5.91 Å². The van der Waals surface area contributed by atoms with Crippen LogP contribution in [0.3, 0.4) is 0 Å². The average Bonchev–Trinajstić information content (AvgIpc) is 2.86. The molecule has 0 spiro atoms. The second-order valence-corrected chi connectivity index (χ2v) is 6.96. The van der Waals surface area contributed by atoms with Gasteiger partial charge in [-0.1, -0.05) is 0 Å². The number of nitrogens with zero attached hydrogens (tertiary/aromatic N) is 2. The molecule has 0 aliphatic carbocycles. The number of amides is 1. The van der Waals surface area contributed by atoms with E-state index in [0.717, 1.165) is 22.9 Å². The van der Waals surface area contributed by atoms with Gasteiger partial charge >= 0.3 is 0 Å². The molecule has 1 amide bonds. The van der Waals surface area contributed by atoms with Crippen molar-refractivity contribution >= 4 is 34.6 Å². The molecule has 33 heavy (non-hydrogen) atoms. The highest BCUT2D eigenvalue weighted by Gasteiger charge is 2.15. The number of nitrogens with one attached hydrogen (secondary N) is 3. The predicted molar refractivity (Wildman–Crippen MR) is 129 cm³/mol. The van der Waals surface area contributed by atoms with Gasteiger partial charge in [-0.2, -0.15) is 0 Å². The Bertz CT molecular complexity index is 1230. The lowest BCUT2D eigenvalue weighted by atomic mass is 10.2. The van der Waals surface area contributed by atoms with E-state index in [1.807, 2.05) is 48.5 Å². The summed E-state index contributed by atoms with van der Waals surface area (Å²) >= 11 is 0. The smallest absolute Gasteiger partial charge is 0.259 e. The summed E-state index contributed by atoms with van der Waals surface area (Å²) in [4.78, 5) is 21.8. The molecule has 166 valence electrons. The van der Waals surface area contributed by atoms with Gasteiger partial charge in [0.15, 0.2) is 5.82 Å². The largest absolute Gasteiger partial charge is 0.497 e. The summed E-state index contributed by atoms with van der Waals surface area (Å²) in [6.07, 6.45) is 3.28. The van der Waals surface area contributed by atoms with Crippen molar-refractivity contribution in [2.24, 2.45) is 0 Å². The van der Waals surface area contributed by atoms with E-state index in [4.69, 9.17) is 9.47 Å². The normalized spacial score (nSPS) is 10.2. The number of rotatable bonds is 8. The van der Waals surface area contributed by atoms with Crippen LogP contribution < -0.4 is 25.4 Å². The van der Waals surface area contributed by atoms with Gasteiger partial charge in [-0.05, 0) is 72.8 Å². The second-order valence-electron chi connectivity index (χ2n) is 6.96. The van der Waals surface area contributed by atoms with Crippen LogP contribution in [-0.2, 0) is 0 Å². The van der Waals surface area contributed by atoms with Crippen LogP contribution in [0.1, 0.15) is 10.4 Å². The molecule has 3 N–H and O–H groups in total. The average molecular weight is 441 g/mol. The Balaban J connectivity index is 1.53. The number of carbonyl (C=O) groups is 1. The minimum absolute atomic E-state index is 0.315. The van der Waals surface area contributed by atoms with Gasteiger partial charge in [0.05, 0.1) is 25.5 Å². The van der Waals surface area contributed by atoms with Crippen LogP contribution in [-0.4, -0.2) is 30.1 Å². The van der Waals surface area contributed by atoms with Gasteiger partial charge < -0.3 is 25.4 Å². The third kappa shape index (κ3) is 5.37. The zero-order valence-electron chi connectivity index (χ0n) is 18.2. The maximum absolute atomic E-state index is 13.1. The molecule has 2 aromatic heterocycles. The Hall–Kier alpha value is -4.59. The Morgan fingerprint density at radius 3 is 1.79 bits per heavy atom.